The van der Waals surface area contributed by atoms with Gasteiger partial charge in [-0.25, -0.2) is 4.68 Å². The van der Waals surface area contributed by atoms with Crippen LogP contribution in [0.2, 0.25) is 0 Å². The second-order valence-electron chi connectivity index (χ2n) is 9.65. The van der Waals surface area contributed by atoms with Crippen molar-refractivity contribution >= 4 is 16.6 Å². The normalized spacial score (nSPS) is 21.0. The van der Waals surface area contributed by atoms with Gasteiger partial charge in [0.15, 0.2) is 0 Å². The molecule has 2 aliphatic rings. The molecule has 182 valence electrons. The first-order valence-electron chi connectivity index (χ1n) is 11.3. The molecule has 11 heteroatoms. The number of aryl methyl sites for hydroxylation is 1. The minimum absolute atomic E-state index is 0.0839. The summed E-state index contributed by atoms with van der Waals surface area (Å²) < 4.78 is 47.4. The van der Waals surface area contributed by atoms with Gasteiger partial charge in [0, 0.05) is 25.5 Å². The van der Waals surface area contributed by atoms with E-state index in [4.69, 9.17) is 4.74 Å². The summed E-state index contributed by atoms with van der Waals surface area (Å²) in [7, 11) is 3.17. The molecule has 3 aromatic rings. The van der Waals surface area contributed by atoms with Crippen LogP contribution in [-0.2, 0) is 7.05 Å². The van der Waals surface area contributed by atoms with Crippen molar-refractivity contribution < 1.29 is 17.9 Å². The minimum Gasteiger partial charge on any atom is -0.488 e. The van der Waals surface area contributed by atoms with E-state index in [9.17, 15) is 18.0 Å². The maximum Gasteiger partial charge on any atom is 0.393 e. The molecule has 0 radical (unpaired) electrons. The molecule has 1 aliphatic heterocycles. The van der Waals surface area contributed by atoms with Crippen molar-refractivity contribution in [3.05, 3.63) is 34.6 Å². The molecule has 1 aliphatic carbocycles. The van der Waals surface area contributed by atoms with Gasteiger partial charge in [0.2, 0.25) is 0 Å². The third kappa shape index (κ3) is 4.36. The second kappa shape index (κ2) is 8.00. The summed E-state index contributed by atoms with van der Waals surface area (Å²) in [6.45, 7) is 2.29. The van der Waals surface area contributed by atoms with Gasteiger partial charge in [-0.15, -0.1) is 0 Å². The molecule has 34 heavy (non-hydrogen) atoms. The van der Waals surface area contributed by atoms with Crippen LogP contribution >= 0.6 is 0 Å². The molecule has 1 aromatic carbocycles. The molecule has 1 atom stereocenters. The zero-order valence-corrected chi connectivity index (χ0v) is 19.3. The van der Waals surface area contributed by atoms with Crippen molar-refractivity contribution in [2.45, 2.75) is 38.0 Å². The first-order chi connectivity index (χ1) is 16.0. The molecule has 1 saturated carbocycles. The quantitative estimate of drug-likeness (QED) is 0.621. The number of hydrogen-bond acceptors (Lipinski definition) is 6. The van der Waals surface area contributed by atoms with E-state index in [1.54, 1.807) is 22.9 Å². The van der Waals surface area contributed by atoms with Crippen LogP contribution in [-0.4, -0.2) is 63.5 Å². The summed E-state index contributed by atoms with van der Waals surface area (Å²) in [5, 5.41) is 12.6. The monoisotopic (exact) mass is 476 g/mol. The molecule has 1 N–H and O–H groups in total. The Bertz CT molecular complexity index is 1280. The summed E-state index contributed by atoms with van der Waals surface area (Å²) >= 11 is 0. The lowest BCUT2D eigenvalue weighted by molar-refractivity contribution is -0.177. The molecule has 3 heterocycles. The Kier molecular flexibility index (Phi) is 5.34. The summed E-state index contributed by atoms with van der Waals surface area (Å²) in [5.74, 6) is -0.706. The van der Waals surface area contributed by atoms with Gasteiger partial charge in [0.1, 0.15) is 28.4 Å². The van der Waals surface area contributed by atoms with Crippen molar-refractivity contribution in [3.8, 4) is 17.1 Å². The van der Waals surface area contributed by atoms with E-state index in [-0.39, 0.29) is 37.3 Å². The van der Waals surface area contributed by atoms with E-state index in [1.165, 1.54) is 11.7 Å². The average Bonchev–Trinajstić information content (AvgIpc) is 3.39. The summed E-state index contributed by atoms with van der Waals surface area (Å²) in [5.41, 5.74) is 1.60. The van der Waals surface area contributed by atoms with E-state index in [1.807, 2.05) is 18.2 Å². The maximum absolute atomic E-state index is 13.4. The first kappa shape index (κ1) is 22.7. The fourth-order valence-electron chi connectivity index (χ4n) is 4.41. The molecule has 2 aromatic heterocycles. The topological polar surface area (TPSA) is 79.3 Å². The van der Waals surface area contributed by atoms with Gasteiger partial charge in [-0.05, 0) is 57.5 Å². The number of fused-ring (bicyclic) bond motifs is 1. The summed E-state index contributed by atoms with van der Waals surface area (Å²) in [6.07, 6.45) is -2.34. The van der Waals surface area contributed by atoms with Crippen LogP contribution in [0.3, 0.4) is 0 Å². The Labute approximate surface area is 194 Å². The molecule has 1 unspecified atom stereocenters. The largest absolute Gasteiger partial charge is 0.488 e. The number of anilines is 1. The van der Waals surface area contributed by atoms with Crippen molar-refractivity contribution in [2.24, 2.45) is 13.0 Å². The molecule has 0 spiro atoms. The predicted octanol–water partition coefficient (Wildman–Crippen LogP) is 3.53. The lowest BCUT2D eigenvalue weighted by Gasteiger charge is -2.26. The average molecular weight is 477 g/mol. The van der Waals surface area contributed by atoms with Crippen LogP contribution in [0.5, 0.6) is 5.75 Å². The number of rotatable bonds is 4. The van der Waals surface area contributed by atoms with Crippen LogP contribution in [0.1, 0.15) is 26.2 Å². The number of benzene rings is 1. The molecule has 2 fully saturated rings. The maximum atomic E-state index is 13.4. The SMILES string of the molecule is CN1CC(C(F)(F)F)CCN(c2cc(-c3n[nH]c4ccc(OC5(C)CC5)cc34)nn(C)c2=O)C1. The predicted molar refractivity (Wildman–Crippen MR) is 122 cm³/mol. The molecule has 0 bridgehead atoms. The van der Waals surface area contributed by atoms with Gasteiger partial charge in [-0.2, -0.15) is 23.4 Å². The van der Waals surface area contributed by atoms with Crippen LogP contribution in [0.25, 0.3) is 22.3 Å². The van der Waals surface area contributed by atoms with E-state index >= 15 is 0 Å². The zero-order valence-electron chi connectivity index (χ0n) is 19.3. The molecule has 0 amide bonds. The smallest absolute Gasteiger partial charge is 0.393 e. The Balaban J connectivity index is 1.51. The third-order valence-corrected chi connectivity index (χ3v) is 6.63. The first-order valence-corrected chi connectivity index (χ1v) is 11.3. The molecular formula is C23H27F3N6O2. The highest BCUT2D eigenvalue weighted by Crippen LogP contribution is 2.40. The molecular weight excluding hydrogens is 449 g/mol. The van der Waals surface area contributed by atoms with Crippen LogP contribution in [0, 0.1) is 5.92 Å². The molecule has 1 saturated heterocycles. The Morgan fingerprint density at radius 3 is 2.68 bits per heavy atom. The number of hydrogen-bond donors (Lipinski definition) is 1. The van der Waals surface area contributed by atoms with E-state index in [0.717, 1.165) is 29.5 Å². The number of aromatic amines is 1. The Hall–Kier alpha value is -3.08. The number of nitrogens with one attached hydrogen (secondary N) is 1. The number of aromatic nitrogens is 4. The van der Waals surface area contributed by atoms with Crippen LogP contribution in [0.4, 0.5) is 18.9 Å². The van der Waals surface area contributed by atoms with Crippen LogP contribution in [0.15, 0.2) is 29.1 Å². The van der Waals surface area contributed by atoms with Crippen molar-refractivity contribution in [3.63, 3.8) is 0 Å². The second-order valence-corrected chi connectivity index (χ2v) is 9.65. The number of halogens is 3. The lowest BCUT2D eigenvalue weighted by Crippen LogP contribution is -2.39. The van der Waals surface area contributed by atoms with Gasteiger partial charge in [0.05, 0.1) is 18.1 Å². The number of alkyl halides is 3. The van der Waals surface area contributed by atoms with Gasteiger partial charge in [0.25, 0.3) is 5.56 Å². The van der Waals surface area contributed by atoms with Gasteiger partial charge in [-0.3, -0.25) is 14.8 Å². The standard InChI is InChI=1S/C23H27F3N6O2/c1-22(7-8-22)34-15-4-5-17-16(10-15)20(28-27-17)18-11-19(21(33)31(3)29-18)32-9-6-14(23(24,25)26)12-30(2)13-32/h4-5,10-11,14H,6-9,12-13H2,1-3H3,(H,27,28). The summed E-state index contributed by atoms with van der Waals surface area (Å²) in [6, 6.07) is 7.29. The third-order valence-electron chi connectivity index (χ3n) is 6.63. The minimum atomic E-state index is -4.27. The Morgan fingerprint density at radius 2 is 1.97 bits per heavy atom. The fraction of sp³-hybridized carbons (Fsp3) is 0.522. The van der Waals surface area contributed by atoms with Gasteiger partial charge in [-0.1, -0.05) is 0 Å². The number of H-pyrrole nitrogens is 1. The highest BCUT2D eigenvalue weighted by Gasteiger charge is 2.42. The van der Waals surface area contributed by atoms with E-state index < -0.39 is 12.1 Å². The Morgan fingerprint density at radius 1 is 1.21 bits per heavy atom. The van der Waals surface area contributed by atoms with Crippen LogP contribution < -0.4 is 15.2 Å². The number of nitrogens with zero attached hydrogens (tertiary/aromatic N) is 5. The lowest BCUT2D eigenvalue weighted by atomic mass is 10.1. The fourth-order valence-corrected chi connectivity index (χ4v) is 4.41. The van der Waals surface area contributed by atoms with Crippen molar-refractivity contribution in [2.75, 3.05) is 31.7 Å². The highest BCUT2D eigenvalue weighted by molar-refractivity contribution is 5.93. The highest BCUT2D eigenvalue weighted by atomic mass is 19.4. The van der Waals surface area contributed by atoms with E-state index in [0.29, 0.717) is 17.1 Å². The zero-order chi connectivity index (χ0) is 24.3. The molecule has 8 nitrogen and oxygen atoms in total. The van der Waals surface area contributed by atoms with Gasteiger partial charge < -0.3 is 9.64 Å². The number of ether oxygens (including phenoxy) is 1. The van der Waals surface area contributed by atoms with Crippen molar-refractivity contribution in [1.82, 2.24) is 24.9 Å². The van der Waals surface area contributed by atoms with E-state index in [2.05, 4.69) is 22.2 Å². The van der Waals surface area contributed by atoms with Gasteiger partial charge >= 0.3 is 6.18 Å². The summed E-state index contributed by atoms with van der Waals surface area (Å²) in [4.78, 5) is 16.2. The van der Waals surface area contributed by atoms with Crippen molar-refractivity contribution in [1.29, 1.82) is 0 Å². The molecule has 5 rings (SSSR count).